The lowest BCUT2D eigenvalue weighted by Crippen LogP contribution is -2.47. The number of hydroxylamine groups is 2. The van der Waals surface area contributed by atoms with Crippen LogP contribution in [0.5, 0.6) is 0 Å². The molecule has 0 radical (unpaired) electrons. The maximum absolute atomic E-state index is 11.7. The number of carbonyl (C=O) groups is 2. The predicted octanol–water partition coefficient (Wildman–Crippen LogP) is 2.10. The number of amides is 2. The van der Waals surface area contributed by atoms with Crippen LogP contribution < -0.4 is 5.32 Å². The lowest BCUT2D eigenvalue weighted by Gasteiger charge is -2.19. The Hall–Kier alpha value is -2.12. The lowest BCUT2D eigenvalue weighted by atomic mass is 10.1. The highest BCUT2D eigenvalue weighted by Crippen LogP contribution is 2.26. The van der Waals surface area contributed by atoms with E-state index in [9.17, 15) is 14.7 Å². The Morgan fingerprint density at radius 2 is 2.14 bits per heavy atom. The Morgan fingerprint density at radius 1 is 1.43 bits per heavy atom. The van der Waals surface area contributed by atoms with E-state index < -0.39 is 18.0 Å². The number of thiophene rings is 1. The van der Waals surface area contributed by atoms with Crippen molar-refractivity contribution in [3.05, 3.63) is 35.2 Å². The molecule has 7 heteroatoms. The number of benzene rings is 1. The average molecular weight is 308 g/mol. The van der Waals surface area contributed by atoms with E-state index in [-0.39, 0.29) is 6.42 Å². The third kappa shape index (κ3) is 3.50. The summed E-state index contributed by atoms with van der Waals surface area (Å²) < 4.78 is 1.09. The van der Waals surface area contributed by atoms with Crippen LogP contribution in [-0.2, 0) is 16.1 Å². The minimum atomic E-state index is -1.08. The summed E-state index contributed by atoms with van der Waals surface area (Å²) in [6, 6.07) is 6.18. The number of carbonyl (C=O) groups excluding carboxylic acids is 1. The van der Waals surface area contributed by atoms with E-state index >= 15 is 0 Å². The molecule has 1 heterocycles. The normalized spacial score (nSPS) is 12.1. The van der Waals surface area contributed by atoms with Crippen molar-refractivity contribution in [3.8, 4) is 0 Å². The van der Waals surface area contributed by atoms with Crippen LogP contribution in [0.2, 0.25) is 0 Å². The maximum Gasteiger partial charge on any atom is 0.341 e. The summed E-state index contributed by atoms with van der Waals surface area (Å²) in [5, 5.41) is 15.6. The van der Waals surface area contributed by atoms with E-state index in [2.05, 4.69) is 5.32 Å². The van der Waals surface area contributed by atoms with E-state index in [1.165, 1.54) is 14.2 Å². The molecule has 0 saturated heterocycles. The fourth-order valence-corrected chi connectivity index (χ4v) is 2.91. The highest BCUT2D eigenvalue weighted by molar-refractivity contribution is 7.17. The van der Waals surface area contributed by atoms with Gasteiger partial charge >= 0.3 is 12.0 Å². The highest BCUT2D eigenvalue weighted by Gasteiger charge is 2.23. The van der Waals surface area contributed by atoms with Gasteiger partial charge in [-0.2, -0.15) is 0 Å². The lowest BCUT2D eigenvalue weighted by molar-refractivity contribution is -0.139. The van der Waals surface area contributed by atoms with Crippen molar-refractivity contribution >= 4 is 33.4 Å². The predicted molar refractivity (Wildman–Crippen MR) is 80.3 cm³/mol. The first-order chi connectivity index (χ1) is 10.0. The molecule has 2 rings (SSSR count). The Balaban J connectivity index is 2.17. The van der Waals surface area contributed by atoms with Crippen molar-refractivity contribution in [2.45, 2.75) is 12.5 Å². The molecular weight excluding hydrogens is 292 g/mol. The quantitative estimate of drug-likeness (QED) is 0.829. The number of urea groups is 1. The second kappa shape index (κ2) is 6.55. The van der Waals surface area contributed by atoms with Gasteiger partial charge in [-0.1, -0.05) is 18.2 Å². The van der Waals surface area contributed by atoms with Crippen LogP contribution in [0.1, 0.15) is 5.56 Å². The Bertz CT molecular complexity index is 655. The minimum absolute atomic E-state index is 0.225. The van der Waals surface area contributed by atoms with E-state index in [1.807, 2.05) is 29.6 Å². The van der Waals surface area contributed by atoms with Crippen LogP contribution in [0.15, 0.2) is 29.6 Å². The second-order valence-corrected chi connectivity index (χ2v) is 5.39. The number of aliphatic carboxylic acids is 1. The third-order valence-electron chi connectivity index (χ3n) is 3.14. The number of hydrogen-bond acceptors (Lipinski definition) is 4. The second-order valence-electron chi connectivity index (χ2n) is 4.48. The van der Waals surface area contributed by atoms with Gasteiger partial charge in [-0.05, 0) is 22.4 Å². The number of nitrogens with zero attached hydrogens (tertiary/aromatic N) is 1. The van der Waals surface area contributed by atoms with Crippen LogP contribution in [0.3, 0.4) is 0 Å². The third-order valence-corrected chi connectivity index (χ3v) is 4.15. The molecule has 112 valence electrons. The fraction of sp³-hybridized carbons (Fsp3) is 0.286. The molecule has 21 heavy (non-hydrogen) atoms. The molecule has 0 saturated carbocycles. The number of carboxylic acids is 1. The first-order valence-corrected chi connectivity index (χ1v) is 7.17. The molecule has 0 aliphatic carbocycles. The topological polar surface area (TPSA) is 78.9 Å². The summed E-state index contributed by atoms with van der Waals surface area (Å²) in [7, 11) is 2.75. The van der Waals surface area contributed by atoms with Crippen molar-refractivity contribution in [2.24, 2.45) is 0 Å². The molecule has 0 spiro atoms. The number of rotatable bonds is 5. The Kier molecular flexibility index (Phi) is 4.77. The van der Waals surface area contributed by atoms with Crippen molar-refractivity contribution < 1.29 is 19.5 Å². The van der Waals surface area contributed by atoms with Gasteiger partial charge < -0.3 is 10.4 Å². The molecular formula is C14H16N2O4S. The first kappa shape index (κ1) is 15.3. The minimum Gasteiger partial charge on any atom is -0.480 e. The van der Waals surface area contributed by atoms with Crippen LogP contribution in [0, 0.1) is 0 Å². The van der Waals surface area contributed by atoms with Gasteiger partial charge in [-0.25, -0.2) is 14.7 Å². The molecule has 0 fully saturated rings. The van der Waals surface area contributed by atoms with Gasteiger partial charge in [0, 0.05) is 18.2 Å². The van der Waals surface area contributed by atoms with Crippen LogP contribution in [-0.4, -0.2) is 42.4 Å². The fourth-order valence-electron chi connectivity index (χ4n) is 1.93. The summed E-state index contributed by atoms with van der Waals surface area (Å²) in [4.78, 5) is 27.8. The van der Waals surface area contributed by atoms with Gasteiger partial charge in [0.15, 0.2) is 0 Å². The largest absolute Gasteiger partial charge is 0.480 e. The molecule has 0 aliphatic heterocycles. The highest BCUT2D eigenvalue weighted by atomic mass is 32.1. The molecule has 2 N–H and O–H groups in total. The first-order valence-electron chi connectivity index (χ1n) is 6.29. The van der Waals surface area contributed by atoms with Crippen molar-refractivity contribution in [2.75, 3.05) is 14.2 Å². The number of nitrogens with one attached hydrogen (secondary N) is 1. The molecule has 1 aromatic carbocycles. The molecule has 1 unspecified atom stereocenters. The maximum atomic E-state index is 11.7. The number of fused-ring (bicyclic) bond motifs is 1. The zero-order valence-electron chi connectivity index (χ0n) is 11.7. The number of hydrogen-bond donors (Lipinski definition) is 2. The van der Waals surface area contributed by atoms with Gasteiger partial charge in [0.25, 0.3) is 0 Å². The van der Waals surface area contributed by atoms with E-state index in [4.69, 9.17) is 4.84 Å². The molecule has 6 nitrogen and oxygen atoms in total. The van der Waals surface area contributed by atoms with Crippen molar-refractivity contribution in [1.82, 2.24) is 10.4 Å². The molecule has 2 aromatic rings. The van der Waals surface area contributed by atoms with Gasteiger partial charge in [0.05, 0.1) is 7.11 Å². The zero-order chi connectivity index (χ0) is 15.4. The monoisotopic (exact) mass is 308 g/mol. The standard InChI is InChI=1S/C14H16N2O4S/c1-16(20-2)14(19)15-11(13(17)18)7-9-8-21-12-6-4-3-5-10(9)12/h3-6,8,11H,7H2,1-2H3,(H,15,19)(H,17,18). The van der Waals surface area contributed by atoms with Gasteiger partial charge in [0.2, 0.25) is 0 Å². The van der Waals surface area contributed by atoms with E-state index in [1.54, 1.807) is 11.3 Å². The van der Waals surface area contributed by atoms with E-state index in [0.29, 0.717) is 0 Å². The van der Waals surface area contributed by atoms with Crippen LogP contribution >= 0.6 is 11.3 Å². The van der Waals surface area contributed by atoms with E-state index in [0.717, 1.165) is 20.7 Å². The number of carboxylic acid groups (broad SMARTS) is 1. The Morgan fingerprint density at radius 3 is 2.81 bits per heavy atom. The van der Waals surface area contributed by atoms with Crippen molar-refractivity contribution in [3.63, 3.8) is 0 Å². The smallest absolute Gasteiger partial charge is 0.341 e. The molecule has 0 bridgehead atoms. The average Bonchev–Trinajstić information content (AvgIpc) is 2.88. The van der Waals surface area contributed by atoms with Crippen LogP contribution in [0.4, 0.5) is 4.79 Å². The summed E-state index contributed by atoms with van der Waals surface area (Å²) in [5.74, 6) is -1.08. The molecule has 1 aromatic heterocycles. The summed E-state index contributed by atoms with van der Waals surface area (Å²) in [6.07, 6.45) is 0.225. The summed E-state index contributed by atoms with van der Waals surface area (Å²) in [5.41, 5.74) is 0.906. The molecule has 0 aliphatic rings. The SMILES string of the molecule is CON(C)C(=O)NC(Cc1csc2ccccc12)C(=O)O. The summed E-state index contributed by atoms with van der Waals surface area (Å²) >= 11 is 1.56. The molecule has 2 amide bonds. The van der Waals surface area contributed by atoms with Crippen LogP contribution in [0.25, 0.3) is 10.1 Å². The van der Waals surface area contributed by atoms with Gasteiger partial charge in [-0.15, -0.1) is 11.3 Å². The summed E-state index contributed by atoms with van der Waals surface area (Å²) in [6.45, 7) is 0. The Labute approximate surface area is 125 Å². The zero-order valence-corrected chi connectivity index (χ0v) is 12.5. The van der Waals surface area contributed by atoms with Gasteiger partial charge in [0.1, 0.15) is 6.04 Å². The molecule has 1 atom stereocenters. The van der Waals surface area contributed by atoms with Crippen molar-refractivity contribution in [1.29, 1.82) is 0 Å². The van der Waals surface area contributed by atoms with Gasteiger partial charge in [-0.3, -0.25) is 4.84 Å².